The smallest absolute Gasteiger partial charge is 0.319 e. The van der Waals surface area contributed by atoms with Crippen molar-refractivity contribution in [2.45, 2.75) is 25.8 Å². The molecule has 1 aliphatic carbocycles. The van der Waals surface area contributed by atoms with Crippen LogP contribution in [0, 0.1) is 5.41 Å². The Labute approximate surface area is 146 Å². The fraction of sp³-hybridized carbons (Fsp3) is 0.300. The Hall–Kier alpha value is -2.66. The summed E-state index contributed by atoms with van der Waals surface area (Å²) in [6, 6.07) is 13.4. The van der Waals surface area contributed by atoms with Crippen molar-refractivity contribution in [3.8, 4) is 0 Å². The molecule has 2 aliphatic rings. The molecule has 5 nitrogen and oxygen atoms in total. The van der Waals surface area contributed by atoms with Crippen molar-refractivity contribution in [2.24, 2.45) is 5.41 Å². The molecule has 2 aromatic carbocycles. The first-order chi connectivity index (χ1) is 12.1. The van der Waals surface area contributed by atoms with Gasteiger partial charge in [0, 0.05) is 12.2 Å². The molecular weight excluding hydrogens is 316 g/mol. The van der Waals surface area contributed by atoms with Gasteiger partial charge < -0.3 is 15.7 Å². The molecule has 3 N–H and O–H groups in total. The van der Waals surface area contributed by atoms with Gasteiger partial charge in [-0.15, -0.1) is 0 Å². The van der Waals surface area contributed by atoms with Crippen molar-refractivity contribution in [3.05, 3.63) is 64.7 Å². The summed E-state index contributed by atoms with van der Waals surface area (Å²) in [7, 11) is 0. The van der Waals surface area contributed by atoms with Gasteiger partial charge in [0.1, 0.15) is 0 Å². The number of aliphatic carboxylic acids is 1. The normalized spacial score (nSPS) is 17.4. The number of benzene rings is 2. The molecule has 2 aromatic rings. The number of carbonyl (C=O) groups excluding carboxylic acids is 1. The number of nitrogens with one attached hydrogen (secondary N) is 2. The third-order valence-electron chi connectivity index (χ3n) is 5.34. The largest absolute Gasteiger partial charge is 0.480 e. The fourth-order valence-corrected chi connectivity index (χ4v) is 3.92. The molecule has 25 heavy (non-hydrogen) atoms. The van der Waals surface area contributed by atoms with Crippen LogP contribution in [0.4, 0.5) is 5.69 Å². The van der Waals surface area contributed by atoms with Gasteiger partial charge in [0.2, 0.25) is 5.91 Å². The van der Waals surface area contributed by atoms with Crippen LogP contribution in [0.3, 0.4) is 0 Å². The highest BCUT2D eigenvalue weighted by molar-refractivity contribution is 6.09. The summed E-state index contributed by atoms with van der Waals surface area (Å²) in [5, 5.41) is 16.1. The summed E-state index contributed by atoms with van der Waals surface area (Å²) in [6.07, 6.45) is 1.30. The van der Waals surface area contributed by atoms with E-state index < -0.39 is 17.3 Å². The Morgan fingerprint density at radius 2 is 1.68 bits per heavy atom. The summed E-state index contributed by atoms with van der Waals surface area (Å²) in [4.78, 5) is 25.1. The molecule has 1 aliphatic heterocycles. The maximum atomic E-state index is 13.0. The van der Waals surface area contributed by atoms with E-state index in [-0.39, 0.29) is 12.8 Å². The summed E-state index contributed by atoms with van der Waals surface area (Å²) < 4.78 is 0. The molecule has 0 saturated carbocycles. The molecule has 0 spiro atoms. The Morgan fingerprint density at radius 3 is 2.36 bits per heavy atom. The molecule has 0 unspecified atom stereocenters. The van der Waals surface area contributed by atoms with Gasteiger partial charge >= 0.3 is 5.97 Å². The second-order valence-corrected chi connectivity index (χ2v) is 6.83. The Balaban J connectivity index is 1.65. The predicted octanol–water partition coefficient (Wildman–Crippen LogP) is 2.14. The van der Waals surface area contributed by atoms with Crippen LogP contribution in [-0.4, -0.2) is 23.5 Å². The van der Waals surface area contributed by atoms with E-state index in [0.29, 0.717) is 0 Å². The monoisotopic (exact) mass is 336 g/mol. The lowest BCUT2D eigenvalue weighted by Gasteiger charge is -2.25. The summed E-state index contributed by atoms with van der Waals surface area (Å²) in [6.45, 7) is 1.63. The Bertz CT molecular complexity index is 835. The van der Waals surface area contributed by atoms with Gasteiger partial charge in [-0.2, -0.15) is 0 Å². The van der Waals surface area contributed by atoms with Gasteiger partial charge in [-0.1, -0.05) is 36.4 Å². The number of amides is 1. The number of carboxylic acid groups (broad SMARTS) is 1. The van der Waals surface area contributed by atoms with Crippen LogP contribution < -0.4 is 10.6 Å². The van der Waals surface area contributed by atoms with Crippen LogP contribution >= 0.6 is 0 Å². The summed E-state index contributed by atoms with van der Waals surface area (Å²) >= 11 is 0. The number of hydrogen-bond acceptors (Lipinski definition) is 3. The Kier molecular flexibility index (Phi) is 3.81. The standard InChI is InChI=1S/C20H20N2O3/c23-18(22-17-7-3-6-15-12-21-9-8-16(15)17)20(19(24)25)10-13-4-1-2-5-14(13)11-20/h1-7,21H,8-12H2,(H,22,23)(H,24,25). The van der Waals surface area contributed by atoms with Crippen LogP contribution in [0.2, 0.25) is 0 Å². The highest BCUT2D eigenvalue weighted by atomic mass is 16.4. The minimum absolute atomic E-state index is 0.237. The van der Waals surface area contributed by atoms with Crippen molar-refractivity contribution in [2.75, 3.05) is 11.9 Å². The van der Waals surface area contributed by atoms with Crippen molar-refractivity contribution >= 4 is 17.6 Å². The number of hydrogen-bond donors (Lipinski definition) is 3. The van der Waals surface area contributed by atoms with Gasteiger partial charge in [-0.05, 0) is 54.1 Å². The first kappa shape index (κ1) is 15.8. The molecule has 0 aromatic heterocycles. The van der Waals surface area contributed by atoms with Crippen LogP contribution in [0.1, 0.15) is 22.3 Å². The van der Waals surface area contributed by atoms with Gasteiger partial charge in [-0.3, -0.25) is 9.59 Å². The third kappa shape index (κ3) is 2.61. The zero-order valence-electron chi connectivity index (χ0n) is 13.8. The molecule has 0 saturated heterocycles. The number of carboxylic acids is 1. The lowest BCUT2D eigenvalue weighted by atomic mass is 9.83. The minimum Gasteiger partial charge on any atom is -0.480 e. The van der Waals surface area contributed by atoms with E-state index in [9.17, 15) is 14.7 Å². The van der Waals surface area contributed by atoms with Gasteiger partial charge in [0.05, 0.1) is 0 Å². The lowest BCUT2D eigenvalue weighted by Crippen LogP contribution is -2.44. The molecule has 1 amide bonds. The third-order valence-corrected chi connectivity index (χ3v) is 5.34. The van der Waals surface area contributed by atoms with Gasteiger partial charge in [-0.25, -0.2) is 0 Å². The quantitative estimate of drug-likeness (QED) is 0.751. The molecule has 4 rings (SSSR count). The van der Waals surface area contributed by atoms with E-state index in [1.807, 2.05) is 42.5 Å². The van der Waals surface area contributed by atoms with Gasteiger partial charge in [0.15, 0.2) is 5.41 Å². The van der Waals surface area contributed by atoms with Crippen molar-refractivity contribution in [1.29, 1.82) is 0 Å². The fourth-order valence-electron chi connectivity index (χ4n) is 3.92. The highest BCUT2D eigenvalue weighted by Crippen LogP contribution is 2.39. The van der Waals surface area contributed by atoms with Crippen LogP contribution in [-0.2, 0) is 35.4 Å². The van der Waals surface area contributed by atoms with E-state index in [2.05, 4.69) is 10.6 Å². The van der Waals surface area contributed by atoms with E-state index in [4.69, 9.17) is 0 Å². The molecule has 0 fully saturated rings. The zero-order chi connectivity index (χ0) is 17.4. The van der Waals surface area contributed by atoms with E-state index >= 15 is 0 Å². The summed E-state index contributed by atoms with van der Waals surface area (Å²) in [5.74, 6) is -1.49. The predicted molar refractivity (Wildman–Crippen MR) is 94.4 cm³/mol. The SMILES string of the molecule is O=C(O)C1(C(=O)Nc2cccc3c2CCNC3)Cc2ccccc2C1. The molecule has 1 heterocycles. The molecule has 0 radical (unpaired) electrons. The first-order valence-corrected chi connectivity index (χ1v) is 8.53. The van der Waals surface area contributed by atoms with Crippen molar-refractivity contribution < 1.29 is 14.7 Å². The number of anilines is 1. The topological polar surface area (TPSA) is 78.4 Å². The van der Waals surface area contributed by atoms with Crippen molar-refractivity contribution in [3.63, 3.8) is 0 Å². The average Bonchev–Trinajstić information content (AvgIpc) is 3.03. The van der Waals surface area contributed by atoms with E-state index in [0.717, 1.165) is 47.5 Å². The Morgan fingerprint density at radius 1 is 1.00 bits per heavy atom. The molecule has 128 valence electrons. The molecule has 0 bridgehead atoms. The van der Waals surface area contributed by atoms with Crippen LogP contribution in [0.25, 0.3) is 0 Å². The second-order valence-electron chi connectivity index (χ2n) is 6.83. The van der Waals surface area contributed by atoms with E-state index in [1.165, 1.54) is 0 Å². The van der Waals surface area contributed by atoms with Crippen LogP contribution in [0.5, 0.6) is 0 Å². The van der Waals surface area contributed by atoms with E-state index in [1.54, 1.807) is 0 Å². The lowest BCUT2D eigenvalue weighted by molar-refractivity contribution is -0.153. The zero-order valence-corrected chi connectivity index (χ0v) is 13.8. The average molecular weight is 336 g/mol. The minimum atomic E-state index is -1.43. The van der Waals surface area contributed by atoms with Gasteiger partial charge in [0.25, 0.3) is 0 Å². The molecule has 5 heteroatoms. The number of rotatable bonds is 3. The maximum Gasteiger partial charge on any atom is 0.319 e. The molecular formula is C20H20N2O3. The highest BCUT2D eigenvalue weighted by Gasteiger charge is 2.50. The first-order valence-electron chi connectivity index (χ1n) is 8.53. The van der Waals surface area contributed by atoms with Crippen LogP contribution in [0.15, 0.2) is 42.5 Å². The second kappa shape index (κ2) is 6.01. The number of fused-ring (bicyclic) bond motifs is 2. The van der Waals surface area contributed by atoms with Crippen molar-refractivity contribution in [1.82, 2.24) is 5.32 Å². The number of carbonyl (C=O) groups is 2. The maximum absolute atomic E-state index is 13.0. The summed E-state index contributed by atoms with van der Waals surface area (Å²) in [5.41, 5.74) is 3.45. The molecule has 0 atom stereocenters.